The Balaban J connectivity index is 2.08. The zero-order valence-electron chi connectivity index (χ0n) is 11.7. The Morgan fingerprint density at radius 1 is 1.27 bits per heavy atom. The van der Waals surface area contributed by atoms with Crippen molar-refractivity contribution >= 4 is 38.8 Å². The van der Waals surface area contributed by atoms with E-state index >= 15 is 0 Å². The van der Waals surface area contributed by atoms with Crippen molar-refractivity contribution in [1.82, 2.24) is 0 Å². The molecule has 22 heavy (non-hydrogen) atoms. The molecule has 0 amide bonds. The van der Waals surface area contributed by atoms with Crippen LogP contribution < -0.4 is 10.3 Å². The highest BCUT2D eigenvalue weighted by Gasteiger charge is 2.17. The van der Waals surface area contributed by atoms with Gasteiger partial charge in [-0.2, -0.15) is 0 Å². The predicted molar refractivity (Wildman–Crippen MR) is 84.6 cm³/mol. The van der Waals surface area contributed by atoms with Crippen LogP contribution in [0, 0.1) is 0 Å². The van der Waals surface area contributed by atoms with Crippen LogP contribution in [0.2, 0.25) is 0 Å². The topological polar surface area (TPSA) is 80.0 Å². The largest absolute Gasteiger partial charge is 0.481 e. The van der Waals surface area contributed by atoms with Crippen LogP contribution in [0.3, 0.4) is 0 Å². The maximum Gasteiger partial charge on any atom is 0.307 e. The molecule has 0 atom stereocenters. The fourth-order valence-electron chi connectivity index (χ4n) is 2.48. The Morgan fingerprint density at radius 3 is 2.68 bits per heavy atom. The second-order valence-electron chi connectivity index (χ2n) is 5.07. The van der Waals surface area contributed by atoms with E-state index in [2.05, 4.69) is 15.9 Å². The van der Waals surface area contributed by atoms with Crippen LogP contribution in [0.25, 0.3) is 11.0 Å². The molecule has 2 aromatic rings. The van der Waals surface area contributed by atoms with Crippen molar-refractivity contribution in [3.05, 3.63) is 38.5 Å². The summed E-state index contributed by atoms with van der Waals surface area (Å²) in [6, 6.07) is 4.69. The van der Waals surface area contributed by atoms with E-state index in [1.54, 1.807) is 12.1 Å². The number of halogens is 1. The van der Waals surface area contributed by atoms with Crippen molar-refractivity contribution in [3.8, 4) is 0 Å². The van der Waals surface area contributed by atoms with Crippen molar-refractivity contribution in [2.24, 2.45) is 0 Å². The molecule has 1 aliphatic heterocycles. The lowest BCUT2D eigenvalue weighted by atomic mass is 10.1. The van der Waals surface area contributed by atoms with E-state index in [0.717, 1.165) is 0 Å². The van der Waals surface area contributed by atoms with Crippen molar-refractivity contribution in [1.29, 1.82) is 0 Å². The quantitative estimate of drug-likeness (QED) is 0.893. The molecule has 1 fully saturated rings. The van der Waals surface area contributed by atoms with Crippen molar-refractivity contribution < 1.29 is 19.1 Å². The van der Waals surface area contributed by atoms with Crippen LogP contribution >= 0.6 is 15.9 Å². The van der Waals surface area contributed by atoms with E-state index in [0.29, 0.717) is 53.2 Å². The summed E-state index contributed by atoms with van der Waals surface area (Å²) in [7, 11) is 0. The molecule has 1 saturated heterocycles. The second kappa shape index (κ2) is 6.10. The van der Waals surface area contributed by atoms with Gasteiger partial charge in [0.2, 0.25) is 0 Å². The molecule has 1 aliphatic rings. The molecular weight excluding hydrogens is 354 g/mol. The molecule has 1 aromatic heterocycles. The van der Waals surface area contributed by atoms with E-state index < -0.39 is 5.97 Å². The average Bonchev–Trinajstić information content (AvgIpc) is 2.48. The molecular formula is C15H14BrNO5. The monoisotopic (exact) mass is 367 g/mol. The summed E-state index contributed by atoms with van der Waals surface area (Å²) < 4.78 is 11.7. The van der Waals surface area contributed by atoms with Gasteiger partial charge in [-0.25, -0.2) is 0 Å². The fourth-order valence-corrected chi connectivity index (χ4v) is 3.07. The Hall–Kier alpha value is -1.86. The molecule has 1 N–H and O–H groups in total. The first-order valence-electron chi connectivity index (χ1n) is 6.85. The predicted octanol–water partition coefficient (Wildman–Crippen LogP) is 2.02. The molecule has 0 aliphatic carbocycles. The number of ether oxygens (including phenoxy) is 1. The normalized spacial score (nSPS) is 15.2. The van der Waals surface area contributed by atoms with Gasteiger partial charge in [-0.1, -0.05) is 0 Å². The minimum absolute atomic E-state index is 0.140. The fraction of sp³-hybridized carbons (Fsp3) is 0.333. The lowest BCUT2D eigenvalue weighted by Crippen LogP contribution is -2.36. The van der Waals surface area contributed by atoms with Crippen LogP contribution in [0.4, 0.5) is 5.88 Å². The second-order valence-corrected chi connectivity index (χ2v) is 5.93. The van der Waals surface area contributed by atoms with E-state index in [4.69, 9.17) is 14.3 Å². The summed E-state index contributed by atoms with van der Waals surface area (Å²) in [5, 5.41) is 9.26. The van der Waals surface area contributed by atoms with Gasteiger partial charge in [-0.05, 0) is 33.6 Å². The number of aliphatic carboxylic acids is 1. The number of anilines is 1. The molecule has 7 heteroatoms. The van der Waals surface area contributed by atoms with Crippen LogP contribution in [-0.4, -0.2) is 37.4 Å². The van der Waals surface area contributed by atoms with Crippen LogP contribution in [-0.2, 0) is 16.0 Å². The van der Waals surface area contributed by atoms with Gasteiger partial charge in [0.25, 0.3) is 0 Å². The molecule has 0 bridgehead atoms. The number of hydrogen-bond acceptors (Lipinski definition) is 5. The lowest BCUT2D eigenvalue weighted by molar-refractivity contribution is -0.136. The molecule has 116 valence electrons. The van der Waals surface area contributed by atoms with Crippen molar-refractivity contribution in [2.45, 2.75) is 6.42 Å². The maximum atomic E-state index is 12.3. The summed E-state index contributed by atoms with van der Waals surface area (Å²) in [5.74, 6) is -0.437. The molecule has 6 nitrogen and oxygen atoms in total. The van der Waals surface area contributed by atoms with Gasteiger partial charge >= 0.3 is 5.97 Å². The summed E-state index contributed by atoms with van der Waals surface area (Å²) >= 11 is 3.36. The number of nitrogens with zero attached hydrogens (tertiary/aromatic N) is 1. The highest BCUT2D eigenvalue weighted by atomic mass is 79.9. The summed E-state index contributed by atoms with van der Waals surface area (Å²) in [5.41, 5.74) is 0.803. The van der Waals surface area contributed by atoms with E-state index in [9.17, 15) is 9.59 Å². The van der Waals surface area contributed by atoms with Crippen LogP contribution in [0.15, 0.2) is 31.9 Å². The van der Waals surface area contributed by atoms with Gasteiger partial charge in [0.1, 0.15) is 0 Å². The number of fused-ring (bicyclic) bond motifs is 1. The van der Waals surface area contributed by atoms with Gasteiger partial charge in [0.15, 0.2) is 16.9 Å². The number of morpholine rings is 1. The number of rotatable bonds is 3. The lowest BCUT2D eigenvalue weighted by Gasteiger charge is -2.27. The third-order valence-electron chi connectivity index (χ3n) is 3.51. The third kappa shape index (κ3) is 3.00. The van der Waals surface area contributed by atoms with Crippen LogP contribution in [0.5, 0.6) is 0 Å². The Kier molecular flexibility index (Phi) is 4.17. The van der Waals surface area contributed by atoms with Crippen LogP contribution in [0.1, 0.15) is 5.56 Å². The SMILES string of the molecule is O=C(O)Cc1cc(Br)c2oc(N3CCOCC3)cc(=O)c2c1. The molecule has 0 radical (unpaired) electrons. The number of carboxylic acids is 1. The Bertz CT molecular complexity index is 779. The van der Waals surface area contributed by atoms with E-state index in [-0.39, 0.29) is 11.8 Å². The highest BCUT2D eigenvalue weighted by molar-refractivity contribution is 9.10. The van der Waals surface area contributed by atoms with E-state index in [1.807, 2.05) is 4.90 Å². The Labute approximate surface area is 134 Å². The van der Waals surface area contributed by atoms with Gasteiger partial charge < -0.3 is 19.2 Å². The van der Waals surface area contributed by atoms with Gasteiger partial charge in [0.05, 0.1) is 29.5 Å². The van der Waals surface area contributed by atoms with Crippen molar-refractivity contribution in [3.63, 3.8) is 0 Å². The average molecular weight is 368 g/mol. The van der Waals surface area contributed by atoms with Gasteiger partial charge in [0, 0.05) is 19.2 Å². The molecule has 1 aromatic carbocycles. The molecule has 2 heterocycles. The number of carbonyl (C=O) groups is 1. The first-order valence-corrected chi connectivity index (χ1v) is 7.64. The number of benzene rings is 1. The summed E-state index contributed by atoms with van der Waals surface area (Å²) in [6.07, 6.45) is -0.140. The molecule has 3 rings (SSSR count). The maximum absolute atomic E-state index is 12.3. The van der Waals surface area contributed by atoms with E-state index in [1.165, 1.54) is 6.07 Å². The molecule has 0 saturated carbocycles. The molecule has 0 unspecified atom stereocenters. The standard InChI is InChI=1S/C15H14BrNO5/c16-11-6-9(7-14(19)20)5-10-12(18)8-13(22-15(10)11)17-1-3-21-4-2-17/h5-6,8H,1-4,7H2,(H,19,20). The molecule has 0 spiro atoms. The minimum Gasteiger partial charge on any atom is -0.481 e. The Morgan fingerprint density at radius 2 is 2.00 bits per heavy atom. The summed E-state index contributed by atoms with van der Waals surface area (Å²) in [6.45, 7) is 2.53. The minimum atomic E-state index is -0.944. The third-order valence-corrected chi connectivity index (χ3v) is 4.10. The van der Waals surface area contributed by atoms with Gasteiger partial charge in [-0.15, -0.1) is 0 Å². The zero-order valence-corrected chi connectivity index (χ0v) is 13.3. The first-order chi connectivity index (χ1) is 10.5. The first kappa shape index (κ1) is 15.1. The number of carboxylic acid groups (broad SMARTS) is 1. The summed E-state index contributed by atoms with van der Waals surface area (Å²) in [4.78, 5) is 25.1. The number of hydrogen-bond donors (Lipinski definition) is 1. The highest BCUT2D eigenvalue weighted by Crippen LogP contribution is 2.28. The smallest absolute Gasteiger partial charge is 0.307 e. The van der Waals surface area contributed by atoms with Crippen molar-refractivity contribution in [2.75, 3.05) is 31.2 Å². The van der Waals surface area contributed by atoms with Gasteiger partial charge in [-0.3, -0.25) is 9.59 Å². The zero-order chi connectivity index (χ0) is 15.7.